The van der Waals surface area contributed by atoms with E-state index in [1.54, 1.807) is 24.3 Å². The van der Waals surface area contributed by atoms with Gasteiger partial charge >= 0.3 is 5.97 Å². The summed E-state index contributed by atoms with van der Waals surface area (Å²) in [7, 11) is 0. The summed E-state index contributed by atoms with van der Waals surface area (Å²) in [6.45, 7) is 2.88. The Hall–Kier alpha value is -2.63. The van der Waals surface area contributed by atoms with Crippen molar-refractivity contribution in [2.45, 2.75) is 50.9 Å². The molecule has 178 valence electrons. The molecule has 10 nitrogen and oxygen atoms in total. The normalized spacial score (nSPS) is 14.7. The Morgan fingerprint density at radius 1 is 0.938 bits per heavy atom. The Kier molecular flexibility index (Phi) is 11.7. The number of carboxylic acid groups (broad SMARTS) is 1. The number of hydrogen-bond acceptors (Lipinski definition) is 7. The quantitative estimate of drug-likeness (QED) is 0.183. The van der Waals surface area contributed by atoms with Gasteiger partial charge in [-0.2, -0.15) is 12.6 Å². The Morgan fingerprint density at radius 2 is 1.47 bits per heavy atom. The number of aliphatic hydroxyl groups excluding tert-OH is 1. The van der Waals surface area contributed by atoms with Gasteiger partial charge in [0, 0.05) is 12.2 Å². The second kappa shape index (κ2) is 13.7. The highest BCUT2D eigenvalue weighted by Gasteiger charge is 2.30. The fourth-order valence-electron chi connectivity index (χ4n) is 2.85. The number of carbonyl (C=O) groups is 4. The van der Waals surface area contributed by atoms with E-state index in [0.717, 1.165) is 5.56 Å². The van der Waals surface area contributed by atoms with Crippen LogP contribution in [0.4, 0.5) is 0 Å². The van der Waals surface area contributed by atoms with Gasteiger partial charge < -0.3 is 31.9 Å². The first-order valence-electron chi connectivity index (χ1n) is 10.2. The summed E-state index contributed by atoms with van der Waals surface area (Å²) < 4.78 is 0. The first-order valence-corrected chi connectivity index (χ1v) is 10.9. The van der Waals surface area contributed by atoms with Crippen LogP contribution in [0.5, 0.6) is 0 Å². The molecule has 0 saturated carbocycles. The third kappa shape index (κ3) is 9.25. The van der Waals surface area contributed by atoms with Crippen molar-refractivity contribution in [1.29, 1.82) is 0 Å². The lowest BCUT2D eigenvalue weighted by Gasteiger charge is -2.26. The lowest BCUT2D eigenvalue weighted by molar-refractivity contribution is -0.143. The zero-order valence-electron chi connectivity index (χ0n) is 18.2. The van der Waals surface area contributed by atoms with Gasteiger partial charge in [-0.1, -0.05) is 44.2 Å². The van der Waals surface area contributed by atoms with Crippen LogP contribution >= 0.6 is 12.6 Å². The van der Waals surface area contributed by atoms with E-state index in [9.17, 15) is 19.2 Å². The molecule has 0 aliphatic carbocycles. The average Bonchev–Trinajstić information content (AvgIpc) is 2.75. The van der Waals surface area contributed by atoms with E-state index < -0.39 is 54.5 Å². The number of benzene rings is 1. The number of rotatable bonds is 13. The molecule has 0 aliphatic rings. The van der Waals surface area contributed by atoms with E-state index in [-0.39, 0.29) is 24.5 Å². The van der Waals surface area contributed by atoms with Crippen molar-refractivity contribution in [3.63, 3.8) is 0 Å². The van der Waals surface area contributed by atoms with Crippen LogP contribution in [-0.4, -0.2) is 70.4 Å². The maximum absolute atomic E-state index is 13.0. The molecular formula is C21H32N4O6S. The van der Waals surface area contributed by atoms with E-state index in [4.69, 9.17) is 15.9 Å². The van der Waals surface area contributed by atoms with E-state index in [2.05, 4.69) is 28.6 Å². The fraction of sp³-hybridized carbons (Fsp3) is 0.524. The molecule has 4 atom stereocenters. The van der Waals surface area contributed by atoms with Crippen LogP contribution in [0.1, 0.15) is 25.8 Å². The van der Waals surface area contributed by atoms with Crippen molar-refractivity contribution in [2.24, 2.45) is 11.7 Å². The maximum atomic E-state index is 13.0. The molecular weight excluding hydrogens is 436 g/mol. The second-order valence-corrected chi connectivity index (χ2v) is 8.18. The summed E-state index contributed by atoms with van der Waals surface area (Å²) in [6, 6.07) is 4.49. The smallest absolute Gasteiger partial charge is 0.328 e. The van der Waals surface area contributed by atoms with Gasteiger partial charge in [0.15, 0.2) is 0 Å². The monoisotopic (exact) mass is 468 g/mol. The minimum absolute atomic E-state index is 0.0109. The average molecular weight is 469 g/mol. The Labute approximate surface area is 192 Å². The van der Waals surface area contributed by atoms with Gasteiger partial charge in [-0.05, 0) is 17.9 Å². The minimum Gasteiger partial charge on any atom is -0.480 e. The zero-order valence-corrected chi connectivity index (χ0v) is 19.0. The molecule has 11 heteroatoms. The molecule has 0 heterocycles. The largest absolute Gasteiger partial charge is 0.480 e. The van der Waals surface area contributed by atoms with Crippen molar-refractivity contribution >= 4 is 36.3 Å². The molecule has 0 bridgehead atoms. The summed E-state index contributed by atoms with van der Waals surface area (Å²) >= 11 is 4.00. The number of aliphatic hydroxyl groups is 1. The van der Waals surface area contributed by atoms with Gasteiger partial charge in [-0.15, -0.1) is 0 Å². The van der Waals surface area contributed by atoms with Crippen LogP contribution in [0.25, 0.3) is 0 Å². The standard InChI is InChI=1S/C21H32N4O6S/c1-12(2)8-15(19(28)25-17(10-26)21(30)31)24-20(29)16(23-18(27)14(22)11-32)9-13-6-4-3-5-7-13/h3-7,12,14-17,26,32H,8-11,22H2,1-2H3,(H,23,27)(H,24,29)(H,25,28)(H,30,31). The lowest BCUT2D eigenvalue weighted by atomic mass is 10.0. The van der Waals surface area contributed by atoms with E-state index >= 15 is 0 Å². The van der Waals surface area contributed by atoms with E-state index in [0.29, 0.717) is 0 Å². The predicted octanol–water partition coefficient (Wildman–Crippen LogP) is -0.936. The number of amides is 3. The van der Waals surface area contributed by atoms with Gasteiger partial charge in [0.2, 0.25) is 17.7 Å². The van der Waals surface area contributed by atoms with Crippen molar-refractivity contribution in [3.05, 3.63) is 35.9 Å². The third-order valence-electron chi connectivity index (χ3n) is 4.59. The second-order valence-electron chi connectivity index (χ2n) is 7.81. The number of carbonyl (C=O) groups excluding carboxylic acids is 3. The highest BCUT2D eigenvalue weighted by Crippen LogP contribution is 2.08. The summed E-state index contributed by atoms with van der Waals surface area (Å²) in [6.07, 6.45) is 0.375. The number of nitrogens with one attached hydrogen (secondary N) is 3. The molecule has 0 aromatic heterocycles. The first kappa shape index (κ1) is 27.4. The fourth-order valence-corrected chi connectivity index (χ4v) is 3.02. The number of nitrogens with two attached hydrogens (primary N) is 1. The molecule has 1 aromatic carbocycles. The molecule has 7 N–H and O–H groups in total. The summed E-state index contributed by atoms with van der Waals surface area (Å²) in [4.78, 5) is 49.1. The molecule has 3 amide bonds. The molecule has 4 unspecified atom stereocenters. The number of thiol groups is 1. The third-order valence-corrected chi connectivity index (χ3v) is 4.98. The van der Waals surface area contributed by atoms with E-state index in [1.807, 2.05) is 19.9 Å². The van der Waals surface area contributed by atoms with Gasteiger partial charge in [0.25, 0.3) is 0 Å². The number of hydrogen-bond donors (Lipinski definition) is 7. The van der Waals surface area contributed by atoms with Crippen molar-refractivity contribution < 1.29 is 29.4 Å². The summed E-state index contributed by atoms with van der Waals surface area (Å²) in [5, 5.41) is 25.6. The highest BCUT2D eigenvalue weighted by atomic mass is 32.1. The number of carboxylic acids is 1. The van der Waals surface area contributed by atoms with E-state index in [1.165, 1.54) is 0 Å². The molecule has 32 heavy (non-hydrogen) atoms. The highest BCUT2D eigenvalue weighted by molar-refractivity contribution is 7.80. The van der Waals surface area contributed by atoms with Crippen LogP contribution < -0.4 is 21.7 Å². The number of aliphatic carboxylic acids is 1. The molecule has 1 rings (SSSR count). The predicted molar refractivity (Wildman–Crippen MR) is 122 cm³/mol. The molecule has 0 fully saturated rings. The maximum Gasteiger partial charge on any atom is 0.328 e. The van der Waals surface area contributed by atoms with Gasteiger partial charge in [0.05, 0.1) is 12.6 Å². The van der Waals surface area contributed by atoms with Crippen molar-refractivity contribution in [1.82, 2.24) is 16.0 Å². The topological polar surface area (TPSA) is 171 Å². The molecule has 0 radical (unpaired) electrons. The van der Waals surface area contributed by atoms with Crippen LogP contribution in [0.15, 0.2) is 30.3 Å². The molecule has 0 aliphatic heterocycles. The minimum atomic E-state index is -1.50. The summed E-state index contributed by atoms with van der Waals surface area (Å²) in [5.41, 5.74) is 6.49. The molecule has 0 saturated heterocycles. The Bertz CT molecular complexity index is 777. The summed E-state index contributed by atoms with van der Waals surface area (Å²) in [5.74, 6) is -3.25. The molecule has 1 aromatic rings. The van der Waals surface area contributed by atoms with Gasteiger partial charge in [0.1, 0.15) is 18.1 Å². The Balaban J connectivity index is 3.05. The first-order chi connectivity index (χ1) is 15.1. The van der Waals surface area contributed by atoms with Crippen LogP contribution in [-0.2, 0) is 25.6 Å². The lowest BCUT2D eigenvalue weighted by Crippen LogP contribution is -2.58. The van der Waals surface area contributed by atoms with Crippen molar-refractivity contribution in [2.75, 3.05) is 12.4 Å². The van der Waals surface area contributed by atoms with Crippen LogP contribution in [0.3, 0.4) is 0 Å². The van der Waals surface area contributed by atoms with Gasteiger partial charge in [-0.25, -0.2) is 4.79 Å². The Morgan fingerprint density at radius 3 is 1.97 bits per heavy atom. The van der Waals surface area contributed by atoms with Crippen LogP contribution in [0.2, 0.25) is 0 Å². The zero-order chi connectivity index (χ0) is 24.3. The van der Waals surface area contributed by atoms with Crippen LogP contribution in [0, 0.1) is 5.92 Å². The SMILES string of the molecule is CC(C)CC(NC(=O)C(Cc1ccccc1)NC(=O)C(N)CS)C(=O)NC(CO)C(=O)O. The molecule has 0 spiro atoms. The van der Waals surface area contributed by atoms with Gasteiger partial charge in [-0.3, -0.25) is 14.4 Å². The van der Waals surface area contributed by atoms with Crippen molar-refractivity contribution in [3.8, 4) is 0 Å².